The molecule has 3 rings (SSSR count). The Morgan fingerprint density at radius 3 is 2.68 bits per heavy atom. The lowest BCUT2D eigenvalue weighted by molar-refractivity contribution is -0.0411. The number of hydrogen-bond acceptors (Lipinski definition) is 4. The van der Waals surface area contributed by atoms with E-state index in [0.29, 0.717) is 18.2 Å². The minimum atomic E-state index is -1.07. The highest BCUT2D eigenvalue weighted by Crippen LogP contribution is 2.48. The van der Waals surface area contributed by atoms with Crippen LogP contribution in [0.3, 0.4) is 0 Å². The lowest BCUT2D eigenvalue weighted by Gasteiger charge is -2.30. The molecule has 0 saturated carbocycles. The minimum absolute atomic E-state index is 0.315. The van der Waals surface area contributed by atoms with Crippen LogP contribution in [0.2, 0.25) is 5.02 Å². The van der Waals surface area contributed by atoms with Crippen molar-refractivity contribution in [3.63, 3.8) is 0 Å². The van der Waals surface area contributed by atoms with Gasteiger partial charge in [0.25, 0.3) is 0 Å². The van der Waals surface area contributed by atoms with Gasteiger partial charge in [-0.05, 0) is 24.6 Å². The number of aliphatic hydroxyl groups is 1. The fraction of sp³-hybridized carbons (Fsp3) is 0.385. The molecule has 1 aromatic carbocycles. The summed E-state index contributed by atoms with van der Waals surface area (Å²) in [4.78, 5) is 3.88. The van der Waals surface area contributed by atoms with Crippen LogP contribution in [-0.4, -0.2) is 32.1 Å². The summed E-state index contributed by atoms with van der Waals surface area (Å²) in [6.07, 6.45) is 3.02. The third-order valence-electron chi connectivity index (χ3n) is 3.55. The average molecular weight is 280 g/mol. The fourth-order valence-electron chi connectivity index (χ4n) is 2.34. The monoisotopic (exact) mass is 279 g/mol. The third-order valence-corrected chi connectivity index (χ3v) is 3.80. The molecule has 1 aliphatic heterocycles. The molecular formula is C13H14ClN3O2. The van der Waals surface area contributed by atoms with E-state index in [-0.39, 0.29) is 0 Å². The van der Waals surface area contributed by atoms with Gasteiger partial charge in [0.1, 0.15) is 23.9 Å². The number of epoxide rings is 1. The summed E-state index contributed by atoms with van der Waals surface area (Å²) >= 11 is 5.89. The van der Waals surface area contributed by atoms with E-state index in [1.54, 1.807) is 30.1 Å². The SMILES string of the molecule is CC(O)(Cn1cncn1)C1(c2ccc(Cl)cc2)CO1. The molecule has 100 valence electrons. The summed E-state index contributed by atoms with van der Waals surface area (Å²) in [6.45, 7) is 2.54. The van der Waals surface area contributed by atoms with E-state index >= 15 is 0 Å². The number of benzene rings is 1. The first-order chi connectivity index (χ1) is 9.03. The molecule has 1 aliphatic rings. The lowest BCUT2D eigenvalue weighted by Crippen LogP contribution is -2.44. The largest absolute Gasteiger partial charge is 0.385 e. The molecule has 2 heterocycles. The summed E-state index contributed by atoms with van der Waals surface area (Å²) in [7, 11) is 0. The first kappa shape index (κ1) is 12.6. The van der Waals surface area contributed by atoms with Gasteiger partial charge in [-0.15, -0.1) is 0 Å². The highest BCUT2D eigenvalue weighted by molar-refractivity contribution is 6.30. The number of rotatable bonds is 4. The molecule has 6 heteroatoms. The Bertz CT molecular complexity index is 562. The maximum atomic E-state index is 10.8. The normalized spacial score (nSPS) is 25.0. The molecule has 2 aromatic rings. The van der Waals surface area contributed by atoms with E-state index < -0.39 is 11.2 Å². The van der Waals surface area contributed by atoms with Crippen LogP contribution in [-0.2, 0) is 16.9 Å². The van der Waals surface area contributed by atoms with Crippen LogP contribution in [0.4, 0.5) is 0 Å². The number of hydrogen-bond donors (Lipinski definition) is 1. The van der Waals surface area contributed by atoms with E-state index in [2.05, 4.69) is 10.1 Å². The van der Waals surface area contributed by atoms with E-state index in [9.17, 15) is 5.11 Å². The van der Waals surface area contributed by atoms with E-state index in [0.717, 1.165) is 5.56 Å². The van der Waals surface area contributed by atoms with Crippen molar-refractivity contribution < 1.29 is 9.84 Å². The summed E-state index contributed by atoms with van der Waals surface area (Å²) in [5, 5.41) is 15.4. The van der Waals surface area contributed by atoms with Crippen LogP contribution in [0.5, 0.6) is 0 Å². The summed E-state index contributed by atoms with van der Waals surface area (Å²) in [6, 6.07) is 7.36. The molecule has 2 unspecified atom stereocenters. The van der Waals surface area contributed by atoms with Gasteiger partial charge in [-0.3, -0.25) is 0 Å². The topological polar surface area (TPSA) is 63.5 Å². The number of aromatic nitrogens is 3. The summed E-state index contributed by atoms with van der Waals surface area (Å²) < 4.78 is 7.18. The molecule has 1 N–H and O–H groups in total. The van der Waals surface area contributed by atoms with Crippen LogP contribution in [0.25, 0.3) is 0 Å². The van der Waals surface area contributed by atoms with Gasteiger partial charge >= 0.3 is 0 Å². The zero-order chi connectivity index (χ0) is 13.5. The van der Waals surface area contributed by atoms with Crippen molar-refractivity contribution >= 4 is 11.6 Å². The van der Waals surface area contributed by atoms with E-state index in [4.69, 9.17) is 16.3 Å². The zero-order valence-electron chi connectivity index (χ0n) is 10.5. The lowest BCUT2D eigenvalue weighted by atomic mass is 9.83. The third kappa shape index (κ3) is 2.14. The first-order valence-electron chi connectivity index (χ1n) is 5.98. The van der Waals surface area contributed by atoms with Crippen molar-refractivity contribution in [3.05, 3.63) is 47.5 Å². The van der Waals surface area contributed by atoms with Crippen LogP contribution in [0.1, 0.15) is 12.5 Å². The van der Waals surface area contributed by atoms with Crippen molar-refractivity contribution in [2.45, 2.75) is 24.7 Å². The minimum Gasteiger partial charge on any atom is -0.385 e. The number of ether oxygens (including phenoxy) is 1. The second-order valence-electron chi connectivity index (χ2n) is 4.99. The molecule has 0 aliphatic carbocycles. The van der Waals surface area contributed by atoms with Crippen LogP contribution >= 0.6 is 11.6 Å². The Balaban J connectivity index is 1.89. The molecule has 2 atom stereocenters. The van der Waals surface area contributed by atoms with Gasteiger partial charge in [0.05, 0.1) is 13.2 Å². The van der Waals surface area contributed by atoms with Crippen molar-refractivity contribution in [1.82, 2.24) is 14.8 Å². The van der Waals surface area contributed by atoms with Gasteiger partial charge < -0.3 is 9.84 Å². The predicted molar refractivity (Wildman–Crippen MR) is 69.7 cm³/mol. The first-order valence-corrected chi connectivity index (χ1v) is 6.36. The predicted octanol–water partition coefficient (Wildman–Crippen LogP) is 1.61. The van der Waals surface area contributed by atoms with Crippen molar-refractivity contribution in [1.29, 1.82) is 0 Å². The zero-order valence-corrected chi connectivity index (χ0v) is 11.2. The smallest absolute Gasteiger partial charge is 0.147 e. The van der Waals surface area contributed by atoms with Gasteiger partial charge in [0.2, 0.25) is 0 Å². The fourth-order valence-corrected chi connectivity index (χ4v) is 2.46. The highest BCUT2D eigenvalue weighted by Gasteiger charge is 2.60. The van der Waals surface area contributed by atoms with Crippen molar-refractivity contribution in [2.75, 3.05) is 6.61 Å². The Morgan fingerprint density at radius 1 is 1.47 bits per heavy atom. The van der Waals surface area contributed by atoms with Gasteiger partial charge in [0, 0.05) is 5.02 Å². The van der Waals surface area contributed by atoms with E-state index in [1.165, 1.54) is 6.33 Å². The van der Waals surface area contributed by atoms with Crippen molar-refractivity contribution in [2.24, 2.45) is 0 Å². The molecular weight excluding hydrogens is 266 g/mol. The van der Waals surface area contributed by atoms with Crippen LogP contribution < -0.4 is 0 Å². The van der Waals surface area contributed by atoms with E-state index in [1.807, 2.05) is 12.1 Å². The van der Waals surface area contributed by atoms with Gasteiger partial charge in [-0.25, -0.2) is 9.67 Å². The Kier molecular flexibility index (Phi) is 2.85. The van der Waals surface area contributed by atoms with Gasteiger partial charge in [-0.2, -0.15) is 5.10 Å². The van der Waals surface area contributed by atoms with Gasteiger partial charge in [-0.1, -0.05) is 23.7 Å². The molecule has 1 fully saturated rings. The molecule has 0 bridgehead atoms. The highest BCUT2D eigenvalue weighted by atomic mass is 35.5. The molecule has 19 heavy (non-hydrogen) atoms. The Hall–Kier alpha value is -1.43. The number of halogens is 1. The molecule has 0 spiro atoms. The van der Waals surface area contributed by atoms with Crippen LogP contribution in [0.15, 0.2) is 36.9 Å². The maximum Gasteiger partial charge on any atom is 0.147 e. The standard InChI is InChI=1S/C13H14ClN3O2/c1-12(18,6-17-9-15-8-16-17)13(7-19-13)10-2-4-11(14)5-3-10/h2-5,8-9,18H,6-7H2,1H3. The average Bonchev–Trinajstić information content (AvgIpc) is 3.05. The van der Waals surface area contributed by atoms with Gasteiger partial charge in [0.15, 0.2) is 0 Å². The second kappa shape index (κ2) is 4.30. The molecule has 1 aromatic heterocycles. The van der Waals surface area contributed by atoms with Crippen LogP contribution in [0, 0.1) is 0 Å². The Morgan fingerprint density at radius 2 is 2.16 bits per heavy atom. The number of nitrogens with zero attached hydrogens (tertiary/aromatic N) is 3. The molecule has 1 saturated heterocycles. The quantitative estimate of drug-likeness (QED) is 0.864. The molecule has 0 amide bonds. The summed E-state index contributed by atoms with van der Waals surface area (Å²) in [5.41, 5.74) is -0.847. The maximum absolute atomic E-state index is 10.8. The Labute approximate surface area is 115 Å². The molecule has 0 radical (unpaired) electrons. The van der Waals surface area contributed by atoms with Crippen molar-refractivity contribution in [3.8, 4) is 0 Å². The summed E-state index contributed by atoms with van der Waals surface area (Å²) in [5.74, 6) is 0. The second-order valence-corrected chi connectivity index (χ2v) is 5.43. The molecule has 5 nitrogen and oxygen atoms in total.